The summed E-state index contributed by atoms with van der Waals surface area (Å²) in [5.74, 6) is 0.509. The Morgan fingerprint density at radius 1 is 1.11 bits per heavy atom. The summed E-state index contributed by atoms with van der Waals surface area (Å²) in [6.07, 6.45) is 4.51. The Morgan fingerprint density at radius 2 is 1.81 bits per heavy atom. The van der Waals surface area contributed by atoms with Gasteiger partial charge in [-0.3, -0.25) is 9.59 Å². The Kier molecular flexibility index (Phi) is 6.32. The number of nitrogens with one attached hydrogen (secondary N) is 1. The predicted molar refractivity (Wildman–Crippen MR) is 104 cm³/mol. The van der Waals surface area contributed by atoms with Crippen molar-refractivity contribution in [1.82, 2.24) is 10.2 Å². The Bertz CT molecular complexity index is 732. The first-order valence-electron chi connectivity index (χ1n) is 9.71. The number of amides is 2. The average Bonchev–Trinajstić information content (AvgIpc) is 3.21. The maximum absolute atomic E-state index is 13.0. The van der Waals surface area contributed by atoms with Crippen molar-refractivity contribution in [2.75, 3.05) is 13.1 Å². The molecule has 0 radical (unpaired) electrons. The number of piperidine rings is 1. The van der Waals surface area contributed by atoms with E-state index in [1.165, 1.54) is 11.8 Å². The SMILES string of the molecule is CC(C)[C@H](NC(=O)c1ccco1)C(=O)N1CCC(Cc2ccccc2)CC1. The summed E-state index contributed by atoms with van der Waals surface area (Å²) in [4.78, 5) is 27.2. The Balaban J connectivity index is 1.55. The fourth-order valence-corrected chi connectivity index (χ4v) is 3.64. The summed E-state index contributed by atoms with van der Waals surface area (Å²) < 4.78 is 5.13. The molecule has 1 atom stereocenters. The lowest BCUT2D eigenvalue weighted by molar-refractivity contribution is -0.135. The van der Waals surface area contributed by atoms with Gasteiger partial charge >= 0.3 is 0 Å². The monoisotopic (exact) mass is 368 g/mol. The molecular formula is C22H28N2O3. The van der Waals surface area contributed by atoms with E-state index >= 15 is 0 Å². The minimum atomic E-state index is -0.534. The van der Waals surface area contributed by atoms with Crippen LogP contribution in [0.25, 0.3) is 0 Å². The van der Waals surface area contributed by atoms with Crippen LogP contribution in [-0.2, 0) is 11.2 Å². The molecule has 0 aliphatic carbocycles. The van der Waals surface area contributed by atoms with E-state index in [9.17, 15) is 9.59 Å². The summed E-state index contributed by atoms with van der Waals surface area (Å²) in [6.45, 7) is 5.40. The van der Waals surface area contributed by atoms with Crippen LogP contribution in [0, 0.1) is 11.8 Å². The number of furan rings is 1. The van der Waals surface area contributed by atoms with Gasteiger partial charge in [0.15, 0.2) is 5.76 Å². The minimum absolute atomic E-state index is 0.00284. The van der Waals surface area contributed by atoms with E-state index in [1.54, 1.807) is 12.1 Å². The van der Waals surface area contributed by atoms with Crippen molar-refractivity contribution < 1.29 is 14.0 Å². The molecule has 2 amide bonds. The molecular weight excluding hydrogens is 340 g/mol. The molecule has 1 fully saturated rings. The zero-order chi connectivity index (χ0) is 19.2. The third-order valence-electron chi connectivity index (χ3n) is 5.26. The van der Waals surface area contributed by atoms with E-state index in [0.29, 0.717) is 5.92 Å². The lowest BCUT2D eigenvalue weighted by Crippen LogP contribution is -2.53. The number of hydrogen-bond acceptors (Lipinski definition) is 3. The Hall–Kier alpha value is -2.56. The average molecular weight is 368 g/mol. The van der Waals surface area contributed by atoms with Crippen molar-refractivity contribution in [1.29, 1.82) is 0 Å². The van der Waals surface area contributed by atoms with Crippen molar-refractivity contribution in [3.05, 3.63) is 60.1 Å². The Morgan fingerprint density at radius 3 is 2.41 bits per heavy atom. The maximum Gasteiger partial charge on any atom is 0.287 e. The van der Waals surface area contributed by atoms with Crippen LogP contribution < -0.4 is 5.32 Å². The highest BCUT2D eigenvalue weighted by atomic mass is 16.3. The van der Waals surface area contributed by atoms with Gasteiger partial charge in [0, 0.05) is 13.1 Å². The summed E-state index contributed by atoms with van der Waals surface area (Å²) in [5.41, 5.74) is 1.35. The highest BCUT2D eigenvalue weighted by Crippen LogP contribution is 2.23. The maximum atomic E-state index is 13.0. The molecule has 0 unspecified atom stereocenters. The topological polar surface area (TPSA) is 62.6 Å². The van der Waals surface area contributed by atoms with Crippen LogP contribution in [0.2, 0.25) is 0 Å². The lowest BCUT2D eigenvalue weighted by atomic mass is 9.89. The third kappa shape index (κ3) is 5.00. The number of likely N-dealkylation sites (tertiary alicyclic amines) is 1. The molecule has 1 aliphatic rings. The van der Waals surface area contributed by atoms with Crippen LogP contribution in [-0.4, -0.2) is 35.8 Å². The lowest BCUT2D eigenvalue weighted by Gasteiger charge is -2.35. The zero-order valence-corrected chi connectivity index (χ0v) is 16.1. The minimum Gasteiger partial charge on any atom is -0.459 e. The number of carbonyl (C=O) groups is 2. The smallest absolute Gasteiger partial charge is 0.287 e. The van der Waals surface area contributed by atoms with E-state index in [4.69, 9.17) is 4.42 Å². The normalized spacial score (nSPS) is 16.3. The molecule has 1 aromatic heterocycles. The molecule has 5 heteroatoms. The number of rotatable bonds is 6. The fraction of sp³-hybridized carbons (Fsp3) is 0.455. The number of benzene rings is 1. The van der Waals surface area contributed by atoms with Crippen LogP contribution in [0.15, 0.2) is 53.1 Å². The molecule has 144 valence electrons. The third-order valence-corrected chi connectivity index (χ3v) is 5.26. The van der Waals surface area contributed by atoms with Crippen molar-refractivity contribution in [3.63, 3.8) is 0 Å². The van der Waals surface area contributed by atoms with Gasteiger partial charge < -0.3 is 14.6 Å². The largest absolute Gasteiger partial charge is 0.459 e. The molecule has 5 nitrogen and oxygen atoms in total. The molecule has 1 aromatic carbocycles. The van der Waals surface area contributed by atoms with Gasteiger partial charge in [0.1, 0.15) is 6.04 Å². The van der Waals surface area contributed by atoms with Gasteiger partial charge in [-0.2, -0.15) is 0 Å². The molecule has 1 aliphatic heterocycles. The van der Waals surface area contributed by atoms with Crippen LogP contribution >= 0.6 is 0 Å². The molecule has 1 N–H and O–H groups in total. The summed E-state index contributed by atoms with van der Waals surface area (Å²) in [6, 6.07) is 13.2. The van der Waals surface area contributed by atoms with Gasteiger partial charge in [0.25, 0.3) is 5.91 Å². The van der Waals surface area contributed by atoms with Crippen LogP contribution in [0.5, 0.6) is 0 Å². The predicted octanol–water partition coefficient (Wildman–Crippen LogP) is 3.52. The molecule has 0 bridgehead atoms. The first-order valence-corrected chi connectivity index (χ1v) is 9.71. The van der Waals surface area contributed by atoms with Gasteiger partial charge in [-0.15, -0.1) is 0 Å². The van der Waals surface area contributed by atoms with Gasteiger partial charge in [-0.1, -0.05) is 44.2 Å². The van der Waals surface area contributed by atoms with E-state index in [1.807, 2.05) is 24.8 Å². The number of nitrogens with zero attached hydrogens (tertiary/aromatic N) is 1. The second kappa shape index (κ2) is 8.89. The van der Waals surface area contributed by atoms with Crippen molar-refractivity contribution in [2.45, 2.75) is 39.2 Å². The zero-order valence-electron chi connectivity index (χ0n) is 16.1. The Labute approximate surface area is 160 Å². The van der Waals surface area contributed by atoms with E-state index in [-0.39, 0.29) is 23.5 Å². The standard InChI is InChI=1S/C22H28N2O3/c1-16(2)20(23-21(25)19-9-6-14-27-19)22(26)24-12-10-18(11-13-24)15-17-7-4-3-5-8-17/h3-9,14,16,18,20H,10-13,15H2,1-2H3,(H,23,25)/t20-/m0/s1. The molecule has 0 saturated carbocycles. The molecule has 0 spiro atoms. The molecule has 3 rings (SSSR count). The quantitative estimate of drug-likeness (QED) is 0.849. The van der Waals surface area contributed by atoms with Crippen LogP contribution in [0.4, 0.5) is 0 Å². The van der Waals surface area contributed by atoms with E-state index in [2.05, 4.69) is 29.6 Å². The van der Waals surface area contributed by atoms with Gasteiger partial charge in [-0.25, -0.2) is 0 Å². The van der Waals surface area contributed by atoms with E-state index < -0.39 is 6.04 Å². The molecule has 27 heavy (non-hydrogen) atoms. The summed E-state index contributed by atoms with van der Waals surface area (Å²) in [5, 5.41) is 2.84. The van der Waals surface area contributed by atoms with Crippen molar-refractivity contribution in [3.8, 4) is 0 Å². The van der Waals surface area contributed by atoms with Crippen molar-refractivity contribution in [2.24, 2.45) is 11.8 Å². The second-order valence-corrected chi connectivity index (χ2v) is 7.63. The summed E-state index contributed by atoms with van der Waals surface area (Å²) >= 11 is 0. The van der Waals surface area contributed by atoms with Gasteiger partial charge in [0.2, 0.25) is 5.91 Å². The first-order chi connectivity index (χ1) is 13.0. The van der Waals surface area contributed by atoms with Gasteiger partial charge in [0.05, 0.1) is 6.26 Å². The number of hydrogen-bond donors (Lipinski definition) is 1. The summed E-state index contributed by atoms with van der Waals surface area (Å²) in [7, 11) is 0. The second-order valence-electron chi connectivity index (χ2n) is 7.63. The highest BCUT2D eigenvalue weighted by Gasteiger charge is 2.31. The molecule has 2 aromatic rings. The molecule has 2 heterocycles. The van der Waals surface area contributed by atoms with Crippen LogP contribution in [0.1, 0.15) is 42.8 Å². The van der Waals surface area contributed by atoms with Crippen molar-refractivity contribution >= 4 is 11.8 Å². The first kappa shape index (κ1) is 19.2. The van der Waals surface area contributed by atoms with E-state index in [0.717, 1.165) is 32.4 Å². The van der Waals surface area contributed by atoms with Gasteiger partial charge in [-0.05, 0) is 48.8 Å². The number of carbonyl (C=O) groups excluding carboxylic acids is 2. The van der Waals surface area contributed by atoms with Crippen LogP contribution in [0.3, 0.4) is 0 Å². The molecule has 1 saturated heterocycles. The highest BCUT2D eigenvalue weighted by molar-refractivity contribution is 5.95. The fourth-order valence-electron chi connectivity index (χ4n) is 3.64.